The van der Waals surface area contributed by atoms with E-state index in [1.165, 1.54) is 14.2 Å². The molecule has 0 amide bonds. The molecule has 8 nitrogen and oxygen atoms in total. The highest BCUT2D eigenvalue weighted by Gasteiger charge is 2.16. The first-order valence-electron chi connectivity index (χ1n) is 9.97. The van der Waals surface area contributed by atoms with Crippen molar-refractivity contribution in [2.75, 3.05) is 55.1 Å². The summed E-state index contributed by atoms with van der Waals surface area (Å²) < 4.78 is 20.9. The van der Waals surface area contributed by atoms with Crippen molar-refractivity contribution in [1.29, 1.82) is 0 Å². The fraction of sp³-hybridized carbons (Fsp3) is 0.435. The van der Waals surface area contributed by atoms with E-state index in [-0.39, 0.29) is 12.6 Å². The van der Waals surface area contributed by atoms with E-state index in [4.69, 9.17) is 18.9 Å². The molecule has 0 unspecified atom stereocenters. The average molecular weight is 433 g/mol. The zero-order valence-corrected chi connectivity index (χ0v) is 18.8. The predicted octanol–water partition coefficient (Wildman–Crippen LogP) is 2.12. The minimum atomic E-state index is -0.719. The van der Waals surface area contributed by atoms with E-state index < -0.39 is 12.1 Å². The van der Waals surface area contributed by atoms with Crippen molar-refractivity contribution in [3.63, 3.8) is 0 Å². The third-order valence-corrected chi connectivity index (χ3v) is 4.86. The number of aliphatic hydroxyl groups is 1. The molecule has 0 spiro atoms. The summed E-state index contributed by atoms with van der Waals surface area (Å²) >= 11 is 0. The van der Waals surface area contributed by atoms with Crippen LogP contribution in [0, 0.1) is 0 Å². The predicted molar refractivity (Wildman–Crippen MR) is 118 cm³/mol. The van der Waals surface area contributed by atoms with Crippen molar-refractivity contribution < 1.29 is 28.8 Å². The third-order valence-electron chi connectivity index (χ3n) is 4.86. The highest BCUT2D eigenvalue weighted by molar-refractivity contribution is 5.90. The summed E-state index contributed by atoms with van der Waals surface area (Å²) in [7, 11) is 8.48. The van der Waals surface area contributed by atoms with Gasteiger partial charge in [0, 0.05) is 19.1 Å². The van der Waals surface area contributed by atoms with E-state index in [0.717, 1.165) is 11.3 Å². The van der Waals surface area contributed by atoms with Crippen LogP contribution in [-0.4, -0.2) is 77.2 Å². The van der Waals surface area contributed by atoms with Crippen LogP contribution < -0.4 is 19.5 Å². The highest BCUT2D eigenvalue weighted by atomic mass is 16.5. The summed E-state index contributed by atoms with van der Waals surface area (Å²) in [5.74, 6) is 1.20. The number of hydrogen-bond donors (Lipinski definition) is 2. The molecule has 0 fully saturated rings. The van der Waals surface area contributed by atoms with E-state index in [1.54, 1.807) is 25.3 Å². The van der Waals surface area contributed by atoms with E-state index in [2.05, 4.69) is 10.2 Å². The average Bonchev–Trinajstić information content (AvgIpc) is 2.79. The van der Waals surface area contributed by atoms with Gasteiger partial charge >= 0.3 is 5.97 Å². The Kier molecular flexibility index (Phi) is 9.58. The zero-order valence-electron chi connectivity index (χ0n) is 18.8. The summed E-state index contributed by atoms with van der Waals surface area (Å²) in [6.45, 7) is 1.10. The topological polar surface area (TPSA) is 89.5 Å². The minimum absolute atomic E-state index is 0.0795. The molecule has 2 rings (SSSR count). The molecular formula is C23H32N2O6. The molecule has 2 N–H and O–H groups in total. The van der Waals surface area contributed by atoms with Gasteiger partial charge in [-0.15, -0.1) is 0 Å². The molecule has 0 saturated heterocycles. The molecule has 2 aromatic rings. The molecule has 31 heavy (non-hydrogen) atoms. The number of rotatable bonds is 12. The second-order valence-corrected chi connectivity index (χ2v) is 7.23. The van der Waals surface area contributed by atoms with Gasteiger partial charge in [-0.05, 0) is 50.0 Å². The number of aliphatic hydroxyl groups excluding tert-OH is 1. The lowest BCUT2D eigenvalue weighted by Crippen LogP contribution is -2.37. The molecule has 0 radical (unpaired) electrons. The van der Waals surface area contributed by atoms with Crippen LogP contribution in [0.4, 0.5) is 0 Å². The number of methoxy groups -OCH3 is 3. The van der Waals surface area contributed by atoms with Crippen LogP contribution in [0.3, 0.4) is 0 Å². The number of carbonyl (C=O) groups excluding carboxylic acids is 1. The SMILES string of the molecule is COC(=O)c1ccc(OC[C@H](O)CNC[C@@H](c2ccc(OC)cc2)N(C)C)c(OC)c1. The van der Waals surface area contributed by atoms with Gasteiger partial charge in [0.2, 0.25) is 0 Å². The number of nitrogens with zero attached hydrogens (tertiary/aromatic N) is 1. The van der Waals surface area contributed by atoms with Crippen molar-refractivity contribution in [1.82, 2.24) is 10.2 Å². The first-order chi connectivity index (χ1) is 14.9. The second kappa shape index (κ2) is 12.1. The van der Waals surface area contributed by atoms with Crippen LogP contribution >= 0.6 is 0 Å². The van der Waals surface area contributed by atoms with Crippen molar-refractivity contribution >= 4 is 5.97 Å². The Bertz CT molecular complexity index is 825. The van der Waals surface area contributed by atoms with Crippen molar-refractivity contribution in [3.05, 3.63) is 53.6 Å². The van der Waals surface area contributed by atoms with Crippen molar-refractivity contribution in [3.8, 4) is 17.2 Å². The number of likely N-dealkylation sites (N-methyl/N-ethyl adjacent to an activating group) is 1. The molecule has 170 valence electrons. The number of esters is 1. The molecule has 0 aromatic heterocycles. The Balaban J connectivity index is 1.86. The summed E-state index contributed by atoms with van der Waals surface area (Å²) in [5.41, 5.74) is 1.52. The Morgan fingerprint density at radius 3 is 2.29 bits per heavy atom. The molecule has 0 aliphatic rings. The fourth-order valence-corrected chi connectivity index (χ4v) is 3.09. The van der Waals surface area contributed by atoms with Crippen LogP contribution in [0.25, 0.3) is 0 Å². The molecule has 0 bridgehead atoms. The third kappa shape index (κ3) is 7.13. The maximum absolute atomic E-state index is 11.6. The number of benzene rings is 2. The molecule has 8 heteroatoms. The Morgan fingerprint density at radius 2 is 1.71 bits per heavy atom. The quantitative estimate of drug-likeness (QED) is 0.493. The normalized spacial score (nSPS) is 12.9. The number of ether oxygens (including phenoxy) is 4. The lowest BCUT2D eigenvalue weighted by Gasteiger charge is -2.26. The molecule has 2 aromatic carbocycles. The van der Waals surface area contributed by atoms with E-state index >= 15 is 0 Å². The summed E-state index contributed by atoms with van der Waals surface area (Å²) in [6.07, 6.45) is -0.719. The molecule has 0 aliphatic carbocycles. The molecule has 2 atom stereocenters. The van der Waals surface area contributed by atoms with Crippen LogP contribution in [0.15, 0.2) is 42.5 Å². The van der Waals surface area contributed by atoms with Crippen LogP contribution in [0.2, 0.25) is 0 Å². The molecule has 0 aliphatic heterocycles. The monoisotopic (exact) mass is 432 g/mol. The lowest BCUT2D eigenvalue weighted by atomic mass is 10.1. The zero-order chi connectivity index (χ0) is 22.8. The van der Waals surface area contributed by atoms with Gasteiger partial charge in [-0.2, -0.15) is 0 Å². The van der Waals surface area contributed by atoms with Gasteiger partial charge in [-0.25, -0.2) is 4.79 Å². The van der Waals surface area contributed by atoms with Gasteiger partial charge in [0.25, 0.3) is 0 Å². The van der Waals surface area contributed by atoms with E-state index in [9.17, 15) is 9.90 Å². The Hall–Kier alpha value is -2.81. The van der Waals surface area contributed by atoms with E-state index in [1.807, 2.05) is 38.4 Å². The maximum Gasteiger partial charge on any atom is 0.337 e. The smallest absolute Gasteiger partial charge is 0.337 e. The minimum Gasteiger partial charge on any atom is -0.497 e. The summed E-state index contributed by atoms with van der Waals surface area (Å²) in [5, 5.41) is 13.6. The van der Waals surface area contributed by atoms with Gasteiger partial charge in [0.15, 0.2) is 11.5 Å². The van der Waals surface area contributed by atoms with Crippen molar-refractivity contribution in [2.24, 2.45) is 0 Å². The van der Waals surface area contributed by atoms with Gasteiger partial charge in [-0.3, -0.25) is 0 Å². The fourth-order valence-electron chi connectivity index (χ4n) is 3.09. The first kappa shape index (κ1) is 24.5. The highest BCUT2D eigenvalue weighted by Crippen LogP contribution is 2.28. The Morgan fingerprint density at radius 1 is 1.00 bits per heavy atom. The standard InChI is InChI=1S/C23H32N2O6/c1-25(2)20(16-6-9-19(28-3)10-7-16)14-24-13-18(26)15-31-21-11-8-17(23(27)30-5)12-22(21)29-4/h6-12,18,20,24,26H,13-15H2,1-5H3/t18-,20+/m1/s1. The molecular weight excluding hydrogens is 400 g/mol. The lowest BCUT2D eigenvalue weighted by molar-refractivity contribution is 0.0600. The summed E-state index contributed by atoms with van der Waals surface area (Å²) in [4.78, 5) is 13.8. The largest absolute Gasteiger partial charge is 0.497 e. The number of nitrogens with one attached hydrogen (secondary N) is 1. The van der Waals surface area contributed by atoms with Crippen molar-refractivity contribution in [2.45, 2.75) is 12.1 Å². The maximum atomic E-state index is 11.6. The van der Waals surface area contributed by atoms with Crippen LogP contribution in [0.1, 0.15) is 22.0 Å². The van der Waals surface area contributed by atoms with Crippen LogP contribution in [0.5, 0.6) is 17.2 Å². The molecule has 0 heterocycles. The number of hydrogen-bond acceptors (Lipinski definition) is 8. The first-order valence-corrected chi connectivity index (χ1v) is 9.97. The van der Waals surface area contributed by atoms with Crippen LogP contribution in [-0.2, 0) is 4.74 Å². The van der Waals surface area contributed by atoms with E-state index in [0.29, 0.717) is 30.2 Å². The van der Waals surface area contributed by atoms with Gasteiger partial charge in [-0.1, -0.05) is 12.1 Å². The van der Waals surface area contributed by atoms with Gasteiger partial charge < -0.3 is 34.3 Å². The Labute approximate surface area is 183 Å². The van der Waals surface area contributed by atoms with Gasteiger partial charge in [0.1, 0.15) is 18.5 Å². The second-order valence-electron chi connectivity index (χ2n) is 7.23. The summed E-state index contributed by atoms with van der Waals surface area (Å²) in [6, 6.07) is 12.8. The van der Waals surface area contributed by atoms with Gasteiger partial charge in [0.05, 0.1) is 26.9 Å². The molecule has 0 saturated carbocycles. The number of carbonyl (C=O) groups is 1.